The van der Waals surface area contributed by atoms with Gasteiger partial charge in [-0.15, -0.1) is 0 Å². The average Bonchev–Trinajstić information content (AvgIpc) is 2.79. The van der Waals surface area contributed by atoms with Crippen molar-refractivity contribution in [1.82, 2.24) is 4.98 Å². The van der Waals surface area contributed by atoms with Crippen LogP contribution in [0.1, 0.15) is 5.69 Å². The van der Waals surface area contributed by atoms with Gasteiger partial charge in [0.15, 0.2) is 0 Å². The maximum Gasteiger partial charge on any atom is 0.138 e. The van der Waals surface area contributed by atoms with Gasteiger partial charge in [-0.05, 0) is 30.3 Å². The zero-order valence-electron chi connectivity index (χ0n) is 10.1. The minimum absolute atomic E-state index is 0.243. The van der Waals surface area contributed by atoms with Gasteiger partial charge in [-0.1, -0.05) is 23.7 Å². The molecule has 0 fully saturated rings. The highest BCUT2D eigenvalue weighted by Gasteiger charge is 2.04. The Morgan fingerprint density at radius 1 is 1.11 bits per heavy atom. The van der Waals surface area contributed by atoms with E-state index in [1.165, 1.54) is 0 Å². The monoisotopic (exact) mass is 273 g/mol. The highest BCUT2D eigenvalue weighted by atomic mass is 35.5. The summed E-state index contributed by atoms with van der Waals surface area (Å²) in [5.41, 5.74) is 1.82. The molecule has 0 radical (unpaired) electrons. The number of rotatable bonds is 3. The quantitative estimate of drug-likeness (QED) is 0.754. The van der Waals surface area contributed by atoms with Crippen LogP contribution < -0.4 is 4.74 Å². The predicted molar refractivity (Wildman–Crippen MR) is 75.7 cm³/mol. The Morgan fingerprint density at radius 2 is 1.95 bits per heavy atom. The van der Waals surface area contributed by atoms with Crippen molar-refractivity contribution >= 4 is 22.5 Å². The molecule has 1 heterocycles. The van der Waals surface area contributed by atoms with Crippen LogP contribution in [0.3, 0.4) is 0 Å². The van der Waals surface area contributed by atoms with Crippen molar-refractivity contribution in [3.8, 4) is 11.5 Å². The number of ether oxygens (including phenoxy) is 1. The summed E-state index contributed by atoms with van der Waals surface area (Å²) >= 11 is 6.02. The lowest BCUT2D eigenvalue weighted by Gasteiger charge is -2.05. The molecule has 0 bridgehead atoms. The van der Waals surface area contributed by atoms with Crippen molar-refractivity contribution in [2.75, 3.05) is 0 Å². The molecule has 3 aromatic rings. The third-order valence-corrected chi connectivity index (χ3v) is 3.19. The van der Waals surface area contributed by atoms with Gasteiger partial charge in [0, 0.05) is 17.0 Å². The summed E-state index contributed by atoms with van der Waals surface area (Å²) < 4.78 is 5.66. The highest BCUT2D eigenvalue weighted by Crippen LogP contribution is 2.25. The molecule has 4 heteroatoms. The maximum atomic E-state index is 9.42. The average molecular weight is 274 g/mol. The van der Waals surface area contributed by atoms with Gasteiger partial charge in [-0.3, -0.25) is 0 Å². The molecule has 2 aromatic carbocycles. The summed E-state index contributed by atoms with van der Waals surface area (Å²) in [7, 11) is 0. The fourth-order valence-corrected chi connectivity index (χ4v) is 2.16. The second-order valence-corrected chi connectivity index (χ2v) is 4.69. The Morgan fingerprint density at radius 3 is 2.79 bits per heavy atom. The fourth-order valence-electron chi connectivity index (χ4n) is 1.97. The van der Waals surface area contributed by atoms with Gasteiger partial charge in [0.25, 0.3) is 0 Å². The lowest BCUT2D eigenvalue weighted by atomic mass is 10.2. The van der Waals surface area contributed by atoms with Crippen molar-refractivity contribution in [1.29, 1.82) is 0 Å². The minimum Gasteiger partial charge on any atom is -0.508 e. The summed E-state index contributed by atoms with van der Waals surface area (Å²) in [6, 6.07) is 14.6. The van der Waals surface area contributed by atoms with E-state index in [9.17, 15) is 5.11 Å². The van der Waals surface area contributed by atoms with E-state index in [1.807, 2.05) is 30.3 Å². The van der Waals surface area contributed by atoms with Gasteiger partial charge < -0.3 is 14.8 Å². The first-order valence-electron chi connectivity index (χ1n) is 5.90. The molecule has 0 saturated carbocycles. The van der Waals surface area contributed by atoms with Crippen LogP contribution in [0.4, 0.5) is 0 Å². The summed E-state index contributed by atoms with van der Waals surface area (Å²) in [5.74, 6) is 0.901. The molecule has 3 nitrogen and oxygen atoms in total. The van der Waals surface area contributed by atoms with Crippen molar-refractivity contribution in [3.05, 3.63) is 59.2 Å². The van der Waals surface area contributed by atoms with Gasteiger partial charge in [0.1, 0.15) is 18.1 Å². The topological polar surface area (TPSA) is 45.2 Å². The SMILES string of the molecule is Oc1ccc2cc(COc3ccccc3Cl)[nH]c2c1. The van der Waals surface area contributed by atoms with Crippen LogP contribution >= 0.6 is 11.6 Å². The summed E-state index contributed by atoms with van der Waals surface area (Å²) in [6.07, 6.45) is 0. The van der Waals surface area contributed by atoms with E-state index < -0.39 is 0 Å². The predicted octanol–water partition coefficient (Wildman–Crippen LogP) is 4.11. The van der Waals surface area contributed by atoms with Crippen LogP contribution in [0.25, 0.3) is 10.9 Å². The molecule has 0 unspecified atom stereocenters. The Labute approximate surface area is 115 Å². The minimum atomic E-state index is 0.243. The molecule has 19 heavy (non-hydrogen) atoms. The summed E-state index contributed by atoms with van der Waals surface area (Å²) in [5, 5.41) is 11.0. The van der Waals surface area contributed by atoms with Crippen molar-refractivity contribution in [2.24, 2.45) is 0 Å². The van der Waals surface area contributed by atoms with Crippen molar-refractivity contribution in [2.45, 2.75) is 6.61 Å². The Hall–Kier alpha value is -2.13. The Kier molecular flexibility index (Phi) is 3.05. The molecule has 0 aliphatic carbocycles. The molecule has 96 valence electrons. The van der Waals surface area contributed by atoms with E-state index in [0.29, 0.717) is 17.4 Å². The van der Waals surface area contributed by atoms with E-state index in [2.05, 4.69) is 4.98 Å². The highest BCUT2D eigenvalue weighted by molar-refractivity contribution is 6.32. The zero-order chi connectivity index (χ0) is 13.2. The van der Waals surface area contributed by atoms with Gasteiger partial charge >= 0.3 is 0 Å². The van der Waals surface area contributed by atoms with Crippen LogP contribution in [0.5, 0.6) is 11.5 Å². The number of H-pyrrole nitrogens is 1. The number of phenolic OH excluding ortho intramolecular Hbond substituents is 1. The normalized spacial score (nSPS) is 10.8. The molecule has 0 amide bonds. The van der Waals surface area contributed by atoms with Crippen LogP contribution in [-0.4, -0.2) is 10.1 Å². The number of aromatic hydroxyl groups is 1. The number of para-hydroxylation sites is 1. The van der Waals surface area contributed by atoms with Gasteiger partial charge in [-0.2, -0.15) is 0 Å². The standard InChI is InChI=1S/C15H12ClNO2/c16-13-3-1-2-4-15(13)19-9-11-7-10-5-6-12(18)8-14(10)17-11/h1-8,17-18H,9H2. The first kappa shape index (κ1) is 11.9. The van der Waals surface area contributed by atoms with E-state index in [-0.39, 0.29) is 5.75 Å². The van der Waals surface area contributed by atoms with Gasteiger partial charge in [-0.25, -0.2) is 0 Å². The number of aromatic amines is 1. The van der Waals surface area contributed by atoms with Crippen LogP contribution in [0, 0.1) is 0 Å². The van der Waals surface area contributed by atoms with Gasteiger partial charge in [0.05, 0.1) is 10.7 Å². The smallest absolute Gasteiger partial charge is 0.138 e. The van der Waals surface area contributed by atoms with Crippen molar-refractivity contribution in [3.63, 3.8) is 0 Å². The molecule has 0 atom stereocenters. The molecule has 0 aliphatic heterocycles. The molecule has 2 N–H and O–H groups in total. The molecule has 0 spiro atoms. The lowest BCUT2D eigenvalue weighted by Crippen LogP contribution is -1.95. The van der Waals surface area contributed by atoms with E-state index in [4.69, 9.17) is 16.3 Å². The van der Waals surface area contributed by atoms with Crippen LogP contribution in [-0.2, 0) is 6.61 Å². The fraction of sp³-hybridized carbons (Fsp3) is 0.0667. The van der Waals surface area contributed by atoms with Crippen LogP contribution in [0.15, 0.2) is 48.5 Å². The number of hydrogen-bond donors (Lipinski definition) is 2. The number of aromatic nitrogens is 1. The first-order chi connectivity index (χ1) is 9.22. The summed E-state index contributed by atoms with van der Waals surface area (Å²) in [6.45, 7) is 0.402. The molecule has 0 aliphatic rings. The second kappa shape index (κ2) is 4.86. The molecule has 0 saturated heterocycles. The number of hydrogen-bond acceptors (Lipinski definition) is 2. The second-order valence-electron chi connectivity index (χ2n) is 4.29. The summed E-state index contributed by atoms with van der Waals surface area (Å²) in [4.78, 5) is 3.20. The Bertz CT molecular complexity index is 721. The Balaban J connectivity index is 1.80. The molecule has 3 rings (SSSR count). The number of halogens is 1. The third-order valence-electron chi connectivity index (χ3n) is 2.88. The van der Waals surface area contributed by atoms with Gasteiger partial charge in [0.2, 0.25) is 0 Å². The molecule has 1 aromatic heterocycles. The first-order valence-corrected chi connectivity index (χ1v) is 6.28. The number of phenols is 1. The van der Waals surface area contributed by atoms with Crippen molar-refractivity contribution < 1.29 is 9.84 Å². The molecular weight excluding hydrogens is 262 g/mol. The lowest BCUT2D eigenvalue weighted by molar-refractivity contribution is 0.302. The number of fused-ring (bicyclic) bond motifs is 1. The third kappa shape index (κ3) is 2.51. The molecular formula is C15H12ClNO2. The van der Waals surface area contributed by atoms with Crippen LogP contribution in [0.2, 0.25) is 5.02 Å². The zero-order valence-corrected chi connectivity index (χ0v) is 10.8. The van der Waals surface area contributed by atoms with E-state index >= 15 is 0 Å². The largest absolute Gasteiger partial charge is 0.508 e. The number of benzene rings is 2. The maximum absolute atomic E-state index is 9.42. The van der Waals surface area contributed by atoms with E-state index in [1.54, 1.807) is 18.2 Å². The number of nitrogens with one attached hydrogen (secondary N) is 1. The van der Waals surface area contributed by atoms with E-state index in [0.717, 1.165) is 16.6 Å².